The van der Waals surface area contributed by atoms with Gasteiger partial charge in [0, 0.05) is 33.4 Å². The lowest BCUT2D eigenvalue weighted by Crippen LogP contribution is -2.32. The number of aliphatic hydroxyl groups excluding tert-OH is 1. The number of imidazole rings is 1. The topological polar surface area (TPSA) is 79.5 Å². The van der Waals surface area contributed by atoms with Gasteiger partial charge < -0.3 is 15.3 Å². The highest BCUT2D eigenvalue weighted by Gasteiger charge is 2.14. The van der Waals surface area contributed by atoms with Gasteiger partial charge in [-0.1, -0.05) is 30.3 Å². The molecule has 0 saturated carbocycles. The van der Waals surface area contributed by atoms with Crippen LogP contribution in [0.5, 0.6) is 0 Å². The van der Waals surface area contributed by atoms with Crippen molar-refractivity contribution in [2.45, 2.75) is 12.5 Å². The van der Waals surface area contributed by atoms with E-state index in [0.717, 1.165) is 16.6 Å². The molecular formula is C20H24N4O3. The fraction of sp³-hybridized carbons (Fsp3) is 0.300. The van der Waals surface area contributed by atoms with Gasteiger partial charge in [0.25, 0.3) is 0 Å². The number of anilines is 1. The van der Waals surface area contributed by atoms with E-state index in [1.807, 2.05) is 36.4 Å². The summed E-state index contributed by atoms with van der Waals surface area (Å²) in [5.74, 6) is 0. The Labute approximate surface area is 157 Å². The Morgan fingerprint density at radius 3 is 2.48 bits per heavy atom. The van der Waals surface area contributed by atoms with Gasteiger partial charge >= 0.3 is 11.7 Å². The third-order valence-corrected chi connectivity index (χ3v) is 4.79. The fourth-order valence-electron chi connectivity index (χ4n) is 3.06. The van der Waals surface area contributed by atoms with E-state index in [2.05, 4.69) is 5.32 Å². The van der Waals surface area contributed by atoms with Crippen LogP contribution in [0.15, 0.2) is 53.3 Å². The van der Waals surface area contributed by atoms with Crippen molar-refractivity contribution in [3.05, 3.63) is 64.6 Å². The van der Waals surface area contributed by atoms with E-state index < -0.39 is 6.10 Å². The highest BCUT2D eigenvalue weighted by Crippen LogP contribution is 2.19. The first-order chi connectivity index (χ1) is 12.9. The van der Waals surface area contributed by atoms with Gasteiger partial charge in [-0.25, -0.2) is 9.59 Å². The maximum Gasteiger partial charge on any atom is 0.328 e. The van der Waals surface area contributed by atoms with Crippen molar-refractivity contribution < 1.29 is 9.90 Å². The van der Waals surface area contributed by atoms with E-state index in [1.165, 1.54) is 4.90 Å². The van der Waals surface area contributed by atoms with Gasteiger partial charge in [0.1, 0.15) is 0 Å². The van der Waals surface area contributed by atoms with Crippen molar-refractivity contribution >= 4 is 22.8 Å². The van der Waals surface area contributed by atoms with E-state index in [4.69, 9.17) is 0 Å². The van der Waals surface area contributed by atoms with Crippen LogP contribution in [0.4, 0.5) is 10.5 Å². The molecule has 2 aromatic carbocycles. The molecule has 1 heterocycles. The zero-order valence-corrected chi connectivity index (χ0v) is 15.7. The van der Waals surface area contributed by atoms with Crippen LogP contribution in [0, 0.1) is 0 Å². The summed E-state index contributed by atoms with van der Waals surface area (Å²) in [6.45, 7) is 0.411. The third-order valence-electron chi connectivity index (χ3n) is 4.79. The molecule has 0 radical (unpaired) electrons. The van der Waals surface area contributed by atoms with Crippen molar-refractivity contribution in [1.82, 2.24) is 14.0 Å². The van der Waals surface area contributed by atoms with Crippen LogP contribution in [0.25, 0.3) is 11.0 Å². The number of carbonyl (C=O) groups excluding carboxylic acids is 1. The maximum atomic E-state index is 12.4. The van der Waals surface area contributed by atoms with Gasteiger partial charge in [0.15, 0.2) is 0 Å². The van der Waals surface area contributed by atoms with Crippen LogP contribution in [0.1, 0.15) is 18.1 Å². The number of aromatic nitrogens is 2. The number of nitrogens with one attached hydrogen (secondary N) is 1. The van der Waals surface area contributed by atoms with Crippen molar-refractivity contribution in [1.29, 1.82) is 0 Å². The molecule has 27 heavy (non-hydrogen) atoms. The van der Waals surface area contributed by atoms with Gasteiger partial charge in [-0.05, 0) is 30.2 Å². The van der Waals surface area contributed by atoms with E-state index in [1.54, 1.807) is 42.4 Å². The number of aryl methyl sites for hydroxylation is 2. The lowest BCUT2D eigenvalue weighted by Gasteiger charge is -2.20. The number of hydrogen-bond donors (Lipinski definition) is 2. The number of carbonyl (C=O) groups is 1. The minimum atomic E-state index is -0.614. The number of nitrogens with zero attached hydrogens (tertiary/aromatic N) is 3. The normalized spacial score (nSPS) is 12.1. The van der Waals surface area contributed by atoms with Gasteiger partial charge in [0.2, 0.25) is 0 Å². The predicted octanol–water partition coefficient (Wildman–Crippen LogP) is 2.46. The maximum absolute atomic E-state index is 12.4. The first kappa shape index (κ1) is 18.7. The SMILES string of the molecule is CN(CC[C@@H](O)c1ccccc1)C(=O)Nc1ccc2c(c1)n(C)c(=O)n2C. The lowest BCUT2D eigenvalue weighted by molar-refractivity contribution is 0.152. The molecule has 3 rings (SSSR count). The summed E-state index contributed by atoms with van der Waals surface area (Å²) < 4.78 is 3.11. The van der Waals surface area contributed by atoms with Crippen LogP contribution in [-0.4, -0.2) is 38.8 Å². The summed E-state index contributed by atoms with van der Waals surface area (Å²) >= 11 is 0. The summed E-state index contributed by atoms with van der Waals surface area (Å²) in [7, 11) is 5.10. The standard InChI is InChI=1S/C20H24N4O3/c1-22(12-11-18(25)14-7-5-4-6-8-14)19(26)21-15-9-10-16-17(13-15)24(3)20(27)23(16)2/h4-10,13,18,25H,11-12H2,1-3H3,(H,21,26)/t18-/m1/s1. The molecule has 0 aliphatic heterocycles. The number of hydrogen-bond acceptors (Lipinski definition) is 3. The Morgan fingerprint density at radius 2 is 1.78 bits per heavy atom. The molecule has 2 amide bonds. The second-order valence-electron chi connectivity index (χ2n) is 6.67. The molecule has 1 atom stereocenters. The zero-order valence-electron chi connectivity index (χ0n) is 15.7. The number of rotatable bonds is 5. The largest absolute Gasteiger partial charge is 0.388 e. The molecular weight excluding hydrogens is 344 g/mol. The Hall–Kier alpha value is -3.06. The Balaban J connectivity index is 1.63. The fourth-order valence-corrected chi connectivity index (χ4v) is 3.06. The van der Waals surface area contributed by atoms with Crippen molar-refractivity contribution in [2.24, 2.45) is 14.1 Å². The first-order valence-electron chi connectivity index (χ1n) is 8.79. The van der Waals surface area contributed by atoms with Crippen LogP contribution in [-0.2, 0) is 14.1 Å². The number of fused-ring (bicyclic) bond motifs is 1. The second kappa shape index (κ2) is 7.67. The molecule has 7 heteroatoms. The molecule has 3 aromatic rings. The Kier molecular flexibility index (Phi) is 5.32. The van der Waals surface area contributed by atoms with Crippen molar-refractivity contribution in [2.75, 3.05) is 18.9 Å². The van der Waals surface area contributed by atoms with E-state index in [0.29, 0.717) is 18.7 Å². The summed E-state index contributed by atoms with van der Waals surface area (Å²) in [6.07, 6.45) is -0.170. The van der Waals surface area contributed by atoms with Crippen LogP contribution >= 0.6 is 0 Å². The summed E-state index contributed by atoms with van der Waals surface area (Å²) in [5, 5.41) is 13.1. The third kappa shape index (κ3) is 3.88. The van der Waals surface area contributed by atoms with E-state index >= 15 is 0 Å². The molecule has 0 aliphatic carbocycles. The van der Waals surface area contributed by atoms with Gasteiger partial charge in [0.05, 0.1) is 17.1 Å². The summed E-state index contributed by atoms with van der Waals surface area (Å²) in [6, 6.07) is 14.5. The van der Waals surface area contributed by atoms with Crippen molar-refractivity contribution in [3.8, 4) is 0 Å². The molecule has 1 aromatic heterocycles. The molecule has 0 unspecified atom stereocenters. The number of amides is 2. The smallest absolute Gasteiger partial charge is 0.328 e. The van der Waals surface area contributed by atoms with Gasteiger partial charge in [-0.3, -0.25) is 9.13 Å². The molecule has 0 bridgehead atoms. The predicted molar refractivity (Wildman–Crippen MR) is 106 cm³/mol. The molecule has 0 saturated heterocycles. The second-order valence-corrected chi connectivity index (χ2v) is 6.67. The van der Waals surface area contributed by atoms with Crippen LogP contribution in [0.3, 0.4) is 0 Å². The summed E-state index contributed by atoms with van der Waals surface area (Å²) in [5.41, 5.74) is 2.90. The monoisotopic (exact) mass is 368 g/mol. The average Bonchev–Trinajstić information content (AvgIpc) is 2.90. The quantitative estimate of drug-likeness (QED) is 0.726. The molecule has 7 nitrogen and oxygen atoms in total. The lowest BCUT2D eigenvalue weighted by atomic mass is 10.1. The average molecular weight is 368 g/mol. The first-order valence-corrected chi connectivity index (χ1v) is 8.79. The van der Waals surface area contributed by atoms with E-state index in [-0.39, 0.29) is 11.7 Å². The molecule has 2 N–H and O–H groups in total. The zero-order chi connectivity index (χ0) is 19.6. The molecule has 0 spiro atoms. The van der Waals surface area contributed by atoms with Crippen LogP contribution in [0.2, 0.25) is 0 Å². The summed E-state index contributed by atoms with van der Waals surface area (Å²) in [4.78, 5) is 25.9. The Morgan fingerprint density at radius 1 is 1.11 bits per heavy atom. The van der Waals surface area contributed by atoms with Crippen LogP contribution < -0.4 is 11.0 Å². The van der Waals surface area contributed by atoms with Crippen molar-refractivity contribution in [3.63, 3.8) is 0 Å². The molecule has 0 fully saturated rings. The number of aliphatic hydroxyl groups is 1. The highest BCUT2D eigenvalue weighted by molar-refractivity contribution is 5.92. The van der Waals surface area contributed by atoms with E-state index in [9.17, 15) is 14.7 Å². The molecule has 142 valence electrons. The highest BCUT2D eigenvalue weighted by atomic mass is 16.3. The number of urea groups is 1. The number of benzene rings is 2. The minimum Gasteiger partial charge on any atom is -0.388 e. The Bertz CT molecular complexity index is 1010. The van der Waals surface area contributed by atoms with Gasteiger partial charge in [-0.2, -0.15) is 0 Å². The minimum absolute atomic E-state index is 0.111. The van der Waals surface area contributed by atoms with Gasteiger partial charge in [-0.15, -0.1) is 0 Å². The molecule has 0 aliphatic rings.